The normalized spacial score (nSPS) is 14.4. The predicted octanol–water partition coefficient (Wildman–Crippen LogP) is 8.11. The summed E-state index contributed by atoms with van der Waals surface area (Å²) >= 11 is 0. The highest BCUT2D eigenvalue weighted by Gasteiger charge is 2.40. The maximum absolute atomic E-state index is 14.8. The fourth-order valence-electron chi connectivity index (χ4n) is 5.06. The van der Waals surface area contributed by atoms with Gasteiger partial charge in [-0.3, -0.25) is 0 Å². The van der Waals surface area contributed by atoms with E-state index in [1.807, 2.05) is 27.7 Å². The Morgan fingerprint density at radius 2 is 1.11 bits per heavy atom. The lowest BCUT2D eigenvalue weighted by molar-refractivity contribution is -0.134. The molecule has 254 valence electrons. The molecule has 0 unspecified atom stereocenters. The van der Waals surface area contributed by atoms with Gasteiger partial charge in [-0.1, -0.05) is 13.3 Å². The average molecular weight is 661 g/mol. The molecular formula is C33H48F4O7Si. The van der Waals surface area contributed by atoms with Gasteiger partial charge in [-0.05, 0) is 88.3 Å². The fourth-order valence-corrected chi connectivity index (χ4v) is 7.64. The molecule has 1 aliphatic heterocycles. The maximum Gasteiger partial charge on any atom is 0.501 e. The largest absolute Gasteiger partial charge is 0.501 e. The molecule has 12 heteroatoms. The van der Waals surface area contributed by atoms with Crippen LogP contribution in [0, 0.1) is 28.7 Å². The molecule has 3 rings (SSSR count). The summed E-state index contributed by atoms with van der Waals surface area (Å²) in [5.41, 5.74) is -0.288. The van der Waals surface area contributed by atoms with Gasteiger partial charge >= 0.3 is 8.80 Å². The Morgan fingerprint density at radius 1 is 0.644 bits per heavy atom. The average Bonchev–Trinajstić information content (AvgIpc) is 2.98. The van der Waals surface area contributed by atoms with Crippen LogP contribution in [0.3, 0.4) is 0 Å². The molecule has 1 aliphatic rings. The molecule has 0 N–H and O–H groups in total. The van der Waals surface area contributed by atoms with Gasteiger partial charge in [-0.25, -0.2) is 17.6 Å². The van der Waals surface area contributed by atoms with Gasteiger partial charge in [0.25, 0.3) is 0 Å². The van der Waals surface area contributed by atoms with E-state index in [1.165, 1.54) is 0 Å². The summed E-state index contributed by atoms with van der Waals surface area (Å²) in [5.74, 6) is -4.82. The van der Waals surface area contributed by atoms with E-state index in [-0.39, 0.29) is 29.8 Å². The van der Waals surface area contributed by atoms with Crippen molar-refractivity contribution in [1.82, 2.24) is 0 Å². The van der Waals surface area contributed by atoms with E-state index >= 15 is 0 Å². The summed E-state index contributed by atoms with van der Waals surface area (Å²) < 4.78 is 98.3. The lowest BCUT2D eigenvalue weighted by Gasteiger charge is -2.40. The maximum atomic E-state index is 14.8. The number of benzene rings is 2. The van der Waals surface area contributed by atoms with Crippen LogP contribution in [0.4, 0.5) is 17.6 Å². The highest BCUT2D eigenvalue weighted by atomic mass is 28.4. The lowest BCUT2D eigenvalue weighted by atomic mass is 9.84. The first-order valence-corrected chi connectivity index (χ1v) is 18.0. The third kappa shape index (κ3) is 10.9. The molecule has 0 amide bonds. The summed E-state index contributed by atoms with van der Waals surface area (Å²) in [7, 11) is -2.64. The van der Waals surface area contributed by atoms with E-state index in [4.69, 9.17) is 32.2 Å². The Morgan fingerprint density at radius 3 is 1.56 bits per heavy atom. The first-order valence-electron chi connectivity index (χ1n) is 16.0. The van der Waals surface area contributed by atoms with E-state index in [0.717, 1.165) is 56.4 Å². The molecule has 2 aromatic rings. The van der Waals surface area contributed by atoms with Gasteiger partial charge < -0.3 is 32.2 Å². The van der Waals surface area contributed by atoms with Gasteiger partial charge in [0.1, 0.15) is 0 Å². The molecule has 0 bridgehead atoms. The molecule has 2 aromatic carbocycles. The van der Waals surface area contributed by atoms with E-state index in [9.17, 15) is 17.6 Å². The molecule has 45 heavy (non-hydrogen) atoms. The zero-order chi connectivity index (χ0) is 32.7. The highest BCUT2D eigenvalue weighted by molar-refractivity contribution is 6.60. The predicted molar refractivity (Wildman–Crippen MR) is 166 cm³/mol. The van der Waals surface area contributed by atoms with Gasteiger partial charge in [-0.15, -0.1) is 0 Å². The molecule has 1 fully saturated rings. The standard InChI is InChI=1S/C33H48F4O7Si/c1-5-33(22-39-23-33)24-41-32-29(36)20-26(21-30(32)37)25-18-27(34)31(28(35)19-25)40-16-12-10-9-11-14-38-15-13-17-45(42-6-2,43-7-3)44-8-4/h18-21H,5-17,22-24H2,1-4H3. The second-order valence-corrected chi connectivity index (χ2v) is 13.9. The Bertz CT molecular complexity index is 1110. The Labute approximate surface area is 265 Å². The zero-order valence-corrected chi connectivity index (χ0v) is 28.0. The third-order valence-corrected chi connectivity index (χ3v) is 10.9. The molecule has 0 radical (unpaired) electrons. The van der Waals surface area contributed by atoms with Crippen molar-refractivity contribution in [3.05, 3.63) is 47.5 Å². The Hall–Kier alpha value is -2.22. The molecule has 1 heterocycles. The van der Waals surface area contributed by atoms with Crippen molar-refractivity contribution in [2.75, 3.05) is 59.5 Å². The minimum Gasteiger partial charge on any atom is -0.488 e. The molecule has 0 saturated carbocycles. The monoisotopic (exact) mass is 660 g/mol. The van der Waals surface area contributed by atoms with Crippen LogP contribution < -0.4 is 9.47 Å². The van der Waals surface area contributed by atoms with Gasteiger partial charge in [0, 0.05) is 39.1 Å². The lowest BCUT2D eigenvalue weighted by Crippen LogP contribution is -2.46. The molecule has 0 atom stereocenters. The van der Waals surface area contributed by atoms with Crippen LogP contribution in [0.1, 0.15) is 66.2 Å². The second kappa shape index (κ2) is 18.8. The summed E-state index contributed by atoms with van der Waals surface area (Å²) in [5, 5.41) is 0. The van der Waals surface area contributed by atoms with E-state index in [1.54, 1.807) is 0 Å². The van der Waals surface area contributed by atoms with Crippen molar-refractivity contribution in [3.63, 3.8) is 0 Å². The summed E-state index contributed by atoms with van der Waals surface area (Å²) in [4.78, 5) is 0. The van der Waals surface area contributed by atoms with E-state index in [0.29, 0.717) is 58.7 Å². The first kappa shape index (κ1) is 37.2. The van der Waals surface area contributed by atoms with Crippen molar-refractivity contribution in [2.45, 2.75) is 72.3 Å². The van der Waals surface area contributed by atoms with Crippen LogP contribution in [-0.4, -0.2) is 68.3 Å². The van der Waals surface area contributed by atoms with E-state index < -0.39 is 43.6 Å². The number of halogens is 4. The number of rotatable bonds is 23. The SMILES string of the molecule is CCO[Si](CCCOCCCCCCOc1c(F)cc(-c2cc(F)c(OCC3(CC)COC3)c(F)c2)cc1F)(OCC)OCC. The van der Waals surface area contributed by atoms with Gasteiger partial charge in [0.15, 0.2) is 34.8 Å². The van der Waals surface area contributed by atoms with Crippen molar-refractivity contribution in [2.24, 2.45) is 5.41 Å². The molecule has 0 aliphatic carbocycles. The van der Waals surface area contributed by atoms with Crippen LogP contribution in [0.25, 0.3) is 11.1 Å². The minimum absolute atomic E-state index is 0.0131. The zero-order valence-electron chi connectivity index (χ0n) is 27.0. The van der Waals surface area contributed by atoms with Crippen LogP contribution in [0.15, 0.2) is 24.3 Å². The van der Waals surface area contributed by atoms with Crippen LogP contribution in [-0.2, 0) is 22.8 Å². The quantitative estimate of drug-likeness (QED) is 0.0678. The number of hydrogen-bond acceptors (Lipinski definition) is 7. The van der Waals surface area contributed by atoms with Gasteiger partial charge in [0.05, 0.1) is 31.8 Å². The minimum atomic E-state index is -2.64. The molecule has 7 nitrogen and oxygen atoms in total. The number of ether oxygens (including phenoxy) is 4. The van der Waals surface area contributed by atoms with Crippen molar-refractivity contribution >= 4 is 8.80 Å². The Balaban J connectivity index is 1.38. The van der Waals surface area contributed by atoms with Crippen LogP contribution >= 0.6 is 0 Å². The number of unbranched alkanes of at least 4 members (excludes halogenated alkanes) is 3. The summed E-state index contributed by atoms with van der Waals surface area (Å²) in [6.07, 6.45) is 4.68. The van der Waals surface area contributed by atoms with E-state index in [2.05, 4.69) is 0 Å². The highest BCUT2D eigenvalue weighted by Crippen LogP contribution is 2.36. The molecular weight excluding hydrogens is 612 g/mol. The second-order valence-electron chi connectivity index (χ2n) is 11.1. The third-order valence-electron chi connectivity index (χ3n) is 7.71. The summed E-state index contributed by atoms with van der Waals surface area (Å²) in [6, 6.07) is 4.73. The number of hydrogen-bond donors (Lipinski definition) is 0. The smallest absolute Gasteiger partial charge is 0.488 e. The van der Waals surface area contributed by atoms with Crippen molar-refractivity contribution in [3.8, 4) is 22.6 Å². The summed E-state index contributed by atoms with van der Waals surface area (Å²) in [6.45, 7) is 11.8. The molecule has 0 spiro atoms. The van der Waals surface area contributed by atoms with Crippen molar-refractivity contribution < 1.29 is 49.8 Å². The fraction of sp³-hybridized carbons (Fsp3) is 0.636. The topological polar surface area (TPSA) is 64.6 Å². The van der Waals surface area contributed by atoms with Crippen LogP contribution in [0.2, 0.25) is 6.04 Å². The van der Waals surface area contributed by atoms with Gasteiger partial charge in [0.2, 0.25) is 0 Å². The molecule has 0 aromatic heterocycles. The molecule has 1 saturated heterocycles. The van der Waals surface area contributed by atoms with Crippen molar-refractivity contribution in [1.29, 1.82) is 0 Å². The van der Waals surface area contributed by atoms with Crippen LogP contribution in [0.5, 0.6) is 11.5 Å². The van der Waals surface area contributed by atoms with Gasteiger partial charge in [-0.2, -0.15) is 0 Å². The first-order chi connectivity index (χ1) is 21.7. The Kier molecular flexibility index (Phi) is 15.6.